The maximum atomic E-state index is 10.8. The van der Waals surface area contributed by atoms with Gasteiger partial charge in [0.25, 0.3) is 0 Å². The number of ketones is 1. The number of hydrogen-bond acceptors (Lipinski definition) is 9. The highest BCUT2D eigenvalue weighted by Crippen LogP contribution is 2.27. The van der Waals surface area contributed by atoms with Crippen molar-refractivity contribution in [3.8, 4) is 63.2 Å². The molecule has 0 unspecified atom stereocenters. The minimum atomic E-state index is 0.128. The average Bonchev–Trinajstić information content (AvgIpc) is 3.43. The number of carbonyl (C=O) groups is 1. The standard InChI is InChI=1S/3C14H14O2.C9H10O.2C8H10O/c1-11-3-5-13(6-4-11)16-14-9-7-12(15-2)8-10-14;1-11-5-3-7-13(9-11)16-14-8-4-6-12(10-14)15-2;1-11-6-8-12(9-7-11)16-14-5-3-4-13(10-14)15-2;1-7-4-3-5-9(6-7)8(2)10;1-7-3-5-8(9-2)6-4-7;1-7-4-3-5-8(6-7)9-2/h3*3-10H,1-2H3;3-6H,1-2H3;2*3-6H,1-2H3. The molecule has 0 atom stereocenters. The quantitative estimate of drug-likeness (QED) is 0.111. The van der Waals surface area contributed by atoms with E-state index in [1.54, 1.807) is 42.5 Å². The second-order valence-electron chi connectivity index (χ2n) is 17.2. The van der Waals surface area contributed by atoms with Crippen LogP contribution in [0.15, 0.2) is 218 Å². The third kappa shape index (κ3) is 23.3. The Morgan fingerprint density at radius 3 is 0.829 bits per heavy atom. The van der Waals surface area contributed by atoms with Crippen molar-refractivity contribution in [2.24, 2.45) is 0 Å². The molecule has 0 bridgehead atoms. The van der Waals surface area contributed by atoms with Crippen LogP contribution in [0.5, 0.6) is 63.2 Å². The highest BCUT2D eigenvalue weighted by molar-refractivity contribution is 5.94. The Labute approximate surface area is 451 Å². The number of Topliss-reactive ketones (excluding diaryl/α,β-unsaturated/α-hetero) is 1. The predicted molar refractivity (Wildman–Crippen MR) is 309 cm³/mol. The minimum Gasteiger partial charge on any atom is -0.497 e. The van der Waals surface area contributed by atoms with Crippen LogP contribution >= 0.6 is 0 Å². The van der Waals surface area contributed by atoms with E-state index < -0.39 is 0 Å². The molecule has 9 rings (SSSR count). The van der Waals surface area contributed by atoms with E-state index in [1.807, 2.05) is 239 Å². The lowest BCUT2D eigenvalue weighted by molar-refractivity contribution is 0.101. The zero-order valence-electron chi connectivity index (χ0n) is 46.0. The van der Waals surface area contributed by atoms with Crippen molar-refractivity contribution in [1.82, 2.24) is 0 Å². The second-order valence-corrected chi connectivity index (χ2v) is 17.2. The van der Waals surface area contributed by atoms with Gasteiger partial charge in [-0.1, -0.05) is 113 Å². The molecule has 0 aromatic heterocycles. The molecule has 0 saturated heterocycles. The maximum absolute atomic E-state index is 10.8. The Kier molecular flexibility index (Phi) is 25.9. The van der Waals surface area contributed by atoms with Crippen molar-refractivity contribution in [1.29, 1.82) is 0 Å². The number of benzene rings is 9. The molecule has 0 fully saturated rings. The Bertz CT molecular complexity index is 3060. The minimum absolute atomic E-state index is 0.128. The summed E-state index contributed by atoms with van der Waals surface area (Å²) in [6.07, 6.45) is 0. The molecular weight excluding hydrogens is 949 g/mol. The van der Waals surface area contributed by atoms with Crippen LogP contribution in [-0.4, -0.2) is 41.3 Å². The van der Waals surface area contributed by atoms with Crippen LogP contribution in [0.4, 0.5) is 0 Å². The first-order chi connectivity index (χ1) is 36.7. The van der Waals surface area contributed by atoms with Gasteiger partial charge in [0.05, 0.1) is 35.5 Å². The van der Waals surface area contributed by atoms with E-state index in [2.05, 4.69) is 20.8 Å². The summed E-state index contributed by atoms with van der Waals surface area (Å²) < 4.78 is 42.4. The molecule has 0 radical (unpaired) electrons. The van der Waals surface area contributed by atoms with Gasteiger partial charge < -0.3 is 37.9 Å². The molecule has 9 aromatic rings. The molecule has 9 heteroatoms. The summed E-state index contributed by atoms with van der Waals surface area (Å²) >= 11 is 0. The molecule has 0 aliphatic heterocycles. The fraction of sp³-hybridized carbons (Fsp3) is 0.179. The number of carbonyl (C=O) groups excluding carboxylic acids is 1. The van der Waals surface area contributed by atoms with Gasteiger partial charge in [-0.2, -0.15) is 0 Å². The van der Waals surface area contributed by atoms with Crippen LogP contribution in [0.1, 0.15) is 50.7 Å². The molecule has 9 aromatic carbocycles. The highest BCUT2D eigenvalue weighted by Gasteiger charge is 2.02. The fourth-order valence-electron chi connectivity index (χ4n) is 6.55. The van der Waals surface area contributed by atoms with E-state index in [0.29, 0.717) is 0 Å². The molecule has 76 heavy (non-hydrogen) atoms. The Morgan fingerprint density at radius 1 is 0.250 bits per heavy atom. The van der Waals surface area contributed by atoms with Crippen LogP contribution in [0.25, 0.3) is 0 Å². The van der Waals surface area contributed by atoms with Crippen molar-refractivity contribution >= 4 is 5.78 Å². The molecule has 394 valence electrons. The summed E-state index contributed by atoms with van der Waals surface area (Å²) in [5, 5.41) is 0. The van der Waals surface area contributed by atoms with Crippen LogP contribution in [0, 0.1) is 41.5 Å². The Morgan fingerprint density at radius 2 is 0.500 bits per heavy atom. The number of rotatable bonds is 12. The van der Waals surface area contributed by atoms with Gasteiger partial charge in [-0.05, 0) is 175 Å². The normalized spacial score (nSPS) is 9.63. The van der Waals surface area contributed by atoms with Gasteiger partial charge in [-0.3, -0.25) is 4.79 Å². The molecule has 0 aliphatic rings. The lowest BCUT2D eigenvalue weighted by Gasteiger charge is -2.07. The van der Waals surface area contributed by atoms with Crippen LogP contribution < -0.4 is 37.9 Å². The monoisotopic (exact) mass is 1020 g/mol. The van der Waals surface area contributed by atoms with Crippen molar-refractivity contribution in [3.63, 3.8) is 0 Å². The first-order valence-corrected chi connectivity index (χ1v) is 24.6. The topological polar surface area (TPSA) is 90.9 Å². The summed E-state index contributed by atoms with van der Waals surface area (Å²) in [7, 11) is 8.28. The van der Waals surface area contributed by atoms with Gasteiger partial charge in [-0.25, -0.2) is 0 Å². The number of aryl methyl sites for hydroxylation is 6. The largest absolute Gasteiger partial charge is 0.497 e. The van der Waals surface area contributed by atoms with Gasteiger partial charge in [0.1, 0.15) is 63.2 Å². The maximum Gasteiger partial charge on any atom is 0.159 e. The van der Waals surface area contributed by atoms with E-state index >= 15 is 0 Å². The van der Waals surface area contributed by atoms with Crippen molar-refractivity contribution < 1.29 is 42.7 Å². The van der Waals surface area contributed by atoms with Gasteiger partial charge in [0.2, 0.25) is 0 Å². The SMILES string of the molecule is CC(=O)c1cccc(C)c1.COc1ccc(C)cc1.COc1ccc(Oc2ccc(C)cc2)cc1.COc1cccc(C)c1.COc1cccc(Oc2ccc(C)cc2)c1.COc1cccc(Oc2cccc(C)c2)c1. The van der Waals surface area contributed by atoms with Crippen LogP contribution in [0.2, 0.25) is 0 Å². The van der Waals surface area contributed by atoms with Crippen LogP contribution in [0.3, 0.4) is 0 Å². The van der Waals surface area contributed by atoms with Gasteiger partial charge in [0.15, 0.2) is 5.78 Å². The Balaban J connectivity index is 0.000000201. The van der Waals surface area contributed by atoms with Crippen molar-refractivity contribution in [2.45, 2.75) is 48.5 Å². The summed E-state index contributed by atoms with van der Waals surface area (Å²) in [5.41, 5.74) is 8.04. The molecule has 0 N–H and O–H groups in total. The smallest absolute Gasteiger partial charge is 0.159 e. The van der Waals surface area contributed by atoms with E-state index in [1.165, 1.54) is 27.8 Å². The van der Waals surface area contributed by atoms with Crippen molar-refractivity contribution in [3.05, 3.63) is 257 Å². The third-order valence-corrected chi connectivity index (χ3v) is 10.8. The van der Waals surface area contributed by atoms with E-state index in [0.717, 1.165) is 74.4 Å². The first-order valence-electron chi connectivity index (χ1n) is 24.6. The van der Waals surface area contributed by atoms with Crippen molar-refractivity contribution in [2.75, 3.05) is 35.5 Å². The highest BCUT2D eigenvalue weighted by atomic mass is 16.5. The first kappa shape index (κ1) is 59.6. The molecule has 0 heterocycles. The molecule has 9 nitrogen and oxygen atoms in total. The molecule has 0 spiro atoms. The number of methoxy groups -OCH3 is 5. The Hall–Kier alpha value is -8.95. The van der Waals surface area contributed by atoms with E-state index in [-0.39, 0.29) is 5.78 Å². The van der Waals surface area contributed by atoms with E-state index in [4.69, 9.17) is 37.9 Å². The summed E-state index contributed by atoms with van der Waals surface area (Å²) in [5.74, 6) is 9.28. The molecule has 0 amide bonds. The third-order valence-electron chi connectivity index (χ3n) is 10.8. The summed E-state index contributed by atoms with van der Waals surface area (Å²) in [4.78, 5) is 10.8. The van der Waals surface area contributed by atoms with Gasteiger partial charge in [-0.15, -0.1) is 0 Å². The lowest BCUT2D eigenvalue weighted by Crippen LogP contribution is -1.90. The van der Waals surface area contributed by atoms with E-state index in [9.17, 15) is 4.79 Å². The number of ether oxygens (including phenoxy) is 8. The zero-order chi connectivity index (χ0) is 55.1. The molecular formula is C67H72O9. The summed E-state index contributed by atoms with van der Waals surface area (Å²) in [6, 6.07) is 70.1. The van der Waals surface area contributed by atoms with Gasteiger partial charge in [0, 0.05) is 17.7 Å². The fourth-order valence-corrected chi connectivity index (χ4v) is 6.55. The van der Waals surface area contributed by atoms with Gasteiger partial charge >= 0.3 is 0 Å². The van der Waals surface area contributed by atoms with Crippen LogP contribution in [-0.2, 0) is 0 Å². The lowest BCUT2D eigenvalue weighted by atomic mass is 10.1. The predicted octanol–water partition coefficient (Wildman–Crippen LogP) is 17.6. The average molecular weight is 1020 g/mol. The molecule has 0 aliphatic carbocycles. The number of hydrogen-bond donors (Lipinski definition) is 0. The zero-order valence-corrected chi connectivity index (χ0v) is 46.0. The molecule has 0 saturated carbocycles. The summed E-state index contributed by atoms with van der Waals surface area (Å²) in [6.45, 7) is 13.8. The second kappa shape index (κ2) is 33.0.